The second-order valence-electron chi connectivity index (χ2n) is 14.8. The molecule has 4 nitrogen and oxygen atoms in total. The maximum atomic E-state index is 5.69. The maximum Gasteiger partial charge on any atom is 0.282 e. The lowest BCUT2D eigenvalue weighted by Crippen LogP contribution is -3.15. The first-order valence-corrected chi connectivity index (χ1v) is 19.3. The van der Waals surface area contributed by atoms with Crippen LogP contribution in [-0.2, 0) is 0 Å². The van der Waals surface area contributed by atoms with Crippen LogP contribution in [0, 0.1) is 0 Å². The van der Waals surface area contributed by atoms with Gasteiger partial charge < -0.3 is 4.57 Å². The van der Waals surface area contributed by atoms with Crippen LogP contribution in [-0.4, -0.2) is 15.0 Å². The molecule has 0 fully saturated rings. The second kappa shape index (κ2) is 12.1. The second-order valence-corrected chi connectivity index (χ2v) is 14.8. The van der Waals surface area contributed by atoms with Gasteiger partial charge in [0.2, 0.25) is 5.84 Å². The van der Waals surface area contributed by atoms with Crippen molar-refractivity contribution in [2.45, 2.75) is 6.29 Å². The number of nitrogens with one attached hydrogen (secondary N) is 1. The Morgan fingerprint density at radius 1 is 0.411 bits per heavy atom. The molecule has 3 heterocycles. The molecule has 0 amide bonds. The number of rotatable bonds is 5. The average molecular weight is 716 g/mol. The number of hydrogen-bond acceptors (Lipinski definition) is 1. The topological polar surface area (TPSA) is 26.7 Å². The average Bonchev–Trinajstić information content (AvgIpc) is 3.76. The molecule has 9 aromatic carbocycles. The minimum absolute atomic E-state index is 0.261. The Hall–Kier alpha value is -7.27. The molecule has 2 unspecified atom stereocenters. The van der Waals surface area contributed by atoms with Crippen LogP contribution in [0.4, 0.5) is 5.69 Å². The predicted octanol–water partition coefficient (Wildman–Crippen LogP) is 12.0. The van der Waals surface area contributed by atoms with Crippen molar-refractivity contribution in [1.29, 1.82) is 0 Å². The van der Waals surface area contributed by atoms with Crippen molar-refractivity contribution in [3.05, 3.63) is 206 Å². The van der Waals surface area contributed by atoms with Crippen LogP contribution in [0.5, 0.6) is 0 Å². The van der Waals surface area contributed by atoms with Crippen molar-refractivity contribution < 1.29 is 4.90 Å². The Morgan fingerprint density at radius 2 is 0.964 bits per heavy atom. The fraction of sp³-hybridized carbons (Fsp3) is 0.0192. The summed E-state index contributed by atoms with van der Waals surface area (Å²) >= 11 is 0. The van der Waals surface area contributed by atoms with Crippen molar-refractivity contribution in [3.63, 3.8) is 0 Å². The highest BCUT2D eigenvalue weighted by atomic mass is 15.5. The van der Waals surface area contributed by atoms with E-state index in [2.05, 4.69) is 209 Å². The number of para-hydroxylation sites is 4. The fourth-order valence-corrected chi connectivity index (χ4v) is 9.45. The quantitative estimate of drug-likeness (QED) is 0.184. The van der Waals surface area contributed by atoms with Crippen molar-refractivity contribution in [2.24, 2.45) is 4.99 Å². The van der Waals surface area contributed by atoms with E-state index in [9.17, 15) is 0 Å². The highest BCUT2D eigenvalue weighted by Crippen LogP contribution is 2.44. The van der Waals surface area contributed by atoms with E-state index in [0.717, 1.165) is 11.4 Å². The molecule has 4 heteroatoms. The first-order chi connectivity index (χ1) is 27.8. The summed E-state index contributed by atoms with van der Waals surface area (Å²) in [5.74, 6) is 1.05. The summed E-state index contributed by atoms with van der Waals surface area (Å²) in [6, 6.07) is 72.8. The predicted molar refractivity (Wildman–Crippen MR) is 233 cm³/mol. The molecule has 0 saturated heterocycles. The SMILES string of the molecule is c1ccc(-c2ccccc2[NH+]2C(c3cccc4ccccc34)=NC2n2c3ccccc3c3c(-n4c5ccccc5c5ccccc54)c4ccccc4cc32)cc1. The number of fused-ring (bicyclic) bond motifs is 8. The third kappa shape index (κ3) is 4.42. The van der Waals surface area contributed by atoms with Gasteiger partial charge >= 0.3 is 0 Å². The molecular weight excluding hydrogens is 681 g/mol. The minimum atomic E-state index is -0.261. The Kier molecular flexibility index (Phi) is 6.74. The van der Waals surface area contributed by atoms with E-state index >= 15 is 0 Å². The standard InChI is InChI=1S/C52H34N4/c1-2-17-35(18-3-1)38-23-8-12-29-44(38)56-51(42-28-16-21-34-19-4-6-22-37(34)42)53-52(56)55-47-32-15-11-27-43(47)49-48(55)33-36-20-5-7-24-39(36)50(49)54-45-30-13-9-25-40(45)41-26-10-14-31-46(41)54/h1-33,52H/p+1. The number of amidine groups is 1. The smallest absolute Gasteiger partial charge is 0.282 e. The monoisotopic (exact) mass is 715 g/mol. The van der Waals surface area contributed by atoms with Gasteiger partial charge in [-0.25, -0.2) is 4.90 Å². The number of hydrogen-bond donors (Lipinski definition) is 1. The summed E-state index contributed by atoms with van der Waals surface area (Å²) < 4.78 is 5.02. The molecule has 0 bridgehead atoms. The third-order valence-electron chi connectivity index (χ3n) is 11.9. The summed E-state index contributed by atoms with van der Waals surface area (Å²) in [4.78, 5) is 6.92. The van der Waals surface area contributed by atoms with Crippen LogP contribution in [0.3, 0.4) is 0 Å². The number of nitrogens with zero attached hydrogens (tertiary/aromatic N) is 3. The summed E-state index contributed by atoms with van der Waals surface area (Å²) in [7, 11) is 0. The van der Waals surface area contributed by atoms with Gasteiger partial charge in [0.25, 0.3) is 6.29 Å². The van der Waals surface area contributed by atoms with Gasteiger partial charge in [-0.2, -0.15) is 4.99 Å². The minimum Gasteiger partial charge on any atom is -0.308 e. The highest BCUT2D eigenvalue weighted by molar-refractivity contribution is 6.22. The molecule has 2 atom stereocenters. The Labute approximate surface area is 323 Å². The fourth-order valence-electron chi connectivity index (χ4n) is 9.45. The molecule has 11 aromatic rings. The normalized spacial score (nSPS) is 15.6. The third-order valence-corrected chi connectivity index (χ3v) is 11.9. The van der Waals surface area contributed by atoms with Crippen LogP contribution < -0.4 is 4.90 Å². The van der Waals surface area contributed by atoms with Gasteiger partial charge in [0.05, 0.1) is 33.3 Å². The molecule has 56 heavy (non-hydrogen) atoms. The van der Waals surface area contributed by atoms with Gasteiger partial charge in [-0.3, -0.25) is 4.57 Å². The molecule has 0 aliphatic carbocycles. The molecule has 262 valence electrons. The Morgan fingerprint density at radius 3 is 1.73 bits per heavy atom. The summed E-state index contributed by atoms with van der Waals surface area (Å²) in [6.07, 6.45) is -0.261. The van der Waals surface area contributed by atoms with Gasteiger partial charge in [-0.15, -0.1) is 0 Å². The lowest BCUT2D eigenvalue weighted by atomic mass is 9.99. The molecular formula is C52H35N4+. The molecule has 2 aromatic heterocycles. The van der Waals surface area contributed by atoms with E-state index in [1.807, 2.05) is 0 Å². The number of benzene rings is 9. The molecule has 1 aliphatic rings. The summed E-state index contributed by atoms with van der Waals surface area (Å²) in [5, 5.41) is 9.81. The number of aromatic nitrogens is 2. The van der Waals surface area contributed by atoms with E-state index in [1.165, 1.54) is 92.6 Å². The number of aliphatic imine (C=N–C) groups is 1. The molecule has 1 N–H and O–H groups in total. The van der Waals surface area contributed by atoms with Crippen LogP contribution >= 0.6 is 0 Å². The molecule has 0 radical (unpaired) electrons. The Bertz CT molecular complexity index is 3330. The zero-order valence-electron chi connectivity index (χ0n) is 30.5. The number of quaternary nitrogens is 1. The maximum absolute atomic E-state index is 5.69. The van der Waals surface area contributed by atoms with E-state index in [1.54, 1.807) is 0 Å². The zero-order chi connectivity index (χ0) is 36.7. The van der Waals surface area contributed by atoms with Crippen LogP contribution in [0.1, 0.15) is 11.9 Å². The summed E-state index contributed by atoms with van der Waals surface area (Å²) in [5.41, 5.74) is 10.7. The van der Waals surface area contributed by atoms with Gasteiger partial charge in [-0.05, 0) is 58.1 Å². The van der Waals surface area contributed by atoms with Gasteiger partial charge in [-0.1, -0.05) is 158 Å². The van der Waals surface area contributed by atoms with Crippen LogP contribution in [0.15, 0.2) is 205 Å². The van der Waals surface area contributed by atoms with Gasteiger partial charge in [0, 0.05) is 38.6 Å². The molecule has 1 aliphatic heterocycles. The molecule has 0 spiro atoms. The van der Waals surface area contributed by atoms with E-state index < -0.39 is 0 Å². The highest BCUT2D eigenvalue weighted by Gasteiger charge is 2.44. The van der Waals surface area contributed by atoms with Gasteiger partial charge in [0.1, 0.15) is 5.69 Å². The van der Waals surface area contributed by atoms with E-state index in [0.29, 0.717) is 0 Å². The first-order valence-electron chi connectivity index (χ1n) is 19.3. The first kappa shape index (κ1) is 31.1. The van der Waals surface area contributed by atoms with E-state index in [4.69, 9.17) is 4.99 Å². The zero-order valence-corrected chi connectivity index (χ0v) is 30.5. The van der Waals surface area contributed by atoms with Crippen LogP contribution in [0.2, 0.25) is 0 Å². The van der Waals surface area contributed by atoms with Crippen molar-refractivity contribution in [2.75, 3.05) is 0 Å². The molecule has 0 saturated carbocycles. The lowest BCUT2D eigenvalue weighted by molar-refractivity contribution is -0.804. The van der Waals surface area contributed by atoms with Crippen molar-refractivity contribution in [3.8, 4) is 16.8 Å². The lowest BCUT2D eigenvalue weighted by Gasteiger charge is -2.36. The Balaban J connectivity index is 1.20. The van der Waals surface area contributed by atoms with Crippen molar-refractivity contribution in [1.82, 2.24) is 9.13 Å². The summed E-state index contributed by atoms with van der Waals surface area (Å²) in [6.45, 7) is 0. The van der Waals surface area contributed by atoms with Crippen molar-refractivity contribution >= 4 is 76.7 Å². The molecule has 12 rings (SSSR count). The van der Waals surface area contributed by atoms with Crippen LogP contribution in [0.25, 0.3) is 82.0 Å². The van der Waals surface area contributed by atoms with Gasteiger partial charge in [0.15, 0.2) is 0 Å². The largest absolute Gasteiger partial charge is 0.308 e. The van der Waals surface area contributed by atoms with E-state index in [-0.39, 0.29) is 6.29 Å².